The molecule has 4 heteroatoms. The fourth-order valence-corrected chi connectivity index (χ4v) is 2.14. The van der Waals surface area contributed by atoms with E-state index in [1.54, 1.807) is 0 Å². The van der Waals surface area contributed by atoms with E-state index in [1.165, 1.54) is 0 Å². The first kappa shape index (κ1) is 13.8. The summed E-state index contributed by atoms with van der Waals surface area (Å²) in [6, 6.07) is 5.83. The highest BCUT2D eigenvalue weighted by Gasteiger charge is 2.23. The molecule has 1 aromatic carbocycles. The Hall–Kier alpha value is -0.250. The zero-order valence-corrected chi connectivity index (χ0v) is 12.0. The number of rotatable bonds is 5. The standard InChI is InChI=1S/C12H18BrClN2/c1-3-12(4-2,8-15)16-9-5-6-11(14)10(13)7-9/h5-7,16H,3-4,8,15H2,1-2H3. The molecule has 0 fully saturated rings. The third-order valence-corrected chi connectivity index (χ3v) is 4.29. The maximum atomic E-state index is 5.95. The van der Waals surface area contributed by atoms with Crippen molar-refractivity contribution in [3.8, 4) is 0 Å². The minimum Gasteiger partial charge on any atom is -0.378 e. The number of hydrogen-bond acceptors (Lipinski definition) is 2. The third kappa shape index (κ3) is 3.12. The number of nitrogens with one attached hydrogen (secondary N) is 1. The normalized spacial score (nSPS) is 11.6. The van der Waals surface area contributed by atoms with Crippen molar-refractivity contribution in [3.63, 3.8) is 0 Å². The molecule has 0 bridgehead atoms. The zero-order chi connectivity index (χ0) is 12.2. The van der Waals surface area contributed by atoms with E-state index in [1.807, 2.05) is 18.2 Å². The van der Waals surface area contributed by atoms with E-state index in [0.29, 0.717) is 6.54 Å². The maximum Gasteiger partial charge on any atom is 0.0549 e. The number of anilines is 1. The predicted octanol–water partition coefficient (Wildman–Crippen LogP) is 4.03. The van der Waals surface area contributed by atoms with Crippen molar-refractivity contribution in [1.29, 1.82) is 0 Å². The molecule has 90 valence electrons. The molecule has 1 aromatic rings. The molecule has 16 heavy (non-hydrogen) atoms. The van der Waals surface area contributed by atoms with Gasteiger partial charge in [0.25, 0.3) is 0 Å². The van der Waals surface area contributed by atoms with Crippen LogP contribution in [0.5, 0.6) is 0 Å². The van der Waals surface area contributed by atoms with Gasteiger partial charge in [0.15, 0.2) is 0 Å². The minimum atomic E-state index is -0.0206. The van der Waals surface area contributed by atoms with E-state index in [4.69, 9.17) is 17.3 Å². The topological polar surface area (TPSA) is 38.0 Å². The third-order valence-electron chi connectivity index (χ3n) is 3.07. The smallest absolute Gasteiger partial charge is 0.0549 e. The van der Waals surface area contributed by atoms with Crippen LogP contribution in [0.4, 0.5) is 5.69 Å². The molecule has 0 aliphatic carbocycles. The molecule has 0 atom stereocenters. The molecular weight excluding hydrogens is 288 g/mol. The van der Waals surface area contributed by atoms with Crippen LogP contribution in [0.15, 0.2) is 22.7 Å². The lowest BCUT2D eigenvalue weighted by molar-refractivity contribution is 0.445. The average molecular weight is 306 g/mol. The van der Waals surface area contributed by atoms with Crippen LogP contribution < -0.4 is 11.1 Å². The first-order chi connectivity index (χ1) is 7.56. The van der Waals surface area contributed by atoms with Crippen LogP contribution in [0.1, 0.15) is 26.7 Å². The van der Waals surface area contributed by atoms with Crippen LogP contribution in [0, 0.1) is 0 Å². The average Bonchev–Trinajstić information content (AvgIpc) is 2.31. The second kappa shape index (κ2) is 5.89. The van der Waals surface area contributed by atoms with Crippen molar-refractivity contribution >= 4 is 33.2 Å². The molecule has 0 radical (unpaired) electrons. The van der Waals surface area contributed by atoms with Crippen LogP contribution in [0.25, 0.3) is 0 Å². The van der Waals surface area contributed by atoms with Gasteiger partial charge in [-0.25, -0.2) is 0 Å². The van der Waals surface area contributed by atoms with Gasteiger partial charge in [-0.3, -0.25) is 0 Å². The molecule has 0 aromatic heterocycles. The van der Waals surface area contributed by atoms with Gasteiger partial charge in [0.1, 0.15) is 0 Å². The Bertz CT molecular complexity index is 343. The van der Waals surface area contributed by atoms with E-state index in [-0.39, 0.29) is 5.54 Å². The van der Waals surface area contributed by atoms with Crippen LogP contribution in [-0.4, -0.2) is 12.1 Å². The molecular formula is C12H18BrClN2. The van der Waals surface area contributed by atoms with Crippen LogP contribution >= 0.6 is 27.5 Å². The lowest BCUT2D eigenvalue weighted by atomic mass is 9.92. The van der Waals surface area contributed by atoms with Gasteiger partial charge in [0.05, 0.1) is 5.02 Å². The van der Waals surface area contributed by atoms with E-state index < -0.39 is 0 Å². The maximum absolute atomic E-state index is 5.95. The predicted molar refractivity (Wildman–Crippen MR) is 75.1 cm³/mol. The van der Waals surface area contributed by atoms with Gasteiger partial charge in [0, 0.05) is 22.2 Å². The van der Waals surface area contributed by atoms with Gasteiger partial charge < -0.3 is 11.1 Å². The van der Waals surface area contributed by atoms with Gasteiger partial charge in [-0.05, 0) is 47.0 Å². The highest BCUT2D eigenvalue weighted by atomic mass is 79.9. The van der Waals surface area contributed by atoms with Crippen molar-refractivity contribution in [2.45, 2.75) is 32.2 Å². The van der Waals surface area contributed by atoms with Crippen LogP contribution in [0.2, 0.25) is 5.02 Å². The summed E-state index contributed by atoms with van der Waals surface area (Å²) in [5.74, 6) is 0. The van der Waals surface area contributed by atoms with Gasteiger partial charge in [0.2, 0.25) is 0 Å². The summed E-state index contributed by atoms with van der Waals surface area (Å²) in [6.45, 7) is 4.92. The van der Waals surface area contributed by atoms with Gasteiger partial charge in [-0.1, -0.05) is 25.4 Å². The summed E-state index contributed by atoms with van der Waals surface area (Å²) in [5.41, 5.74) is 6.87. The van der Waals surface area contributed by atoms with E-state index >= 15 is 0 Å². The molecule has 0 aliphatic heterocycles. The summed E-state index contributed by atoms with van der Waals surface area (Å²) < 4.78 is 0.900. The first-order valence-corrected chi connectivity index (χ1v) is 6.67. The van der Waals surface area contributed by atoms with E-state index in [2.05, 4.69) is 35.1 Å². The van der Waals surface area contributed by atoms with Crippen LogP contribution in [0.3, 0.4) is 0 Å². The molecule has 1 rings (SSSR count). The van der Waals surface area contributed by atoms with Gasteiger partial charge in [-0.15, -0.1) is 0 Å². The van der Waals surface area contributed by atoms with Crippen molar-refractivity contribution in [1.82, 2.24) is 0 Å². The van der Waals surface area contributed by atoms with Crippen molar-refractivity contribution in [3.05, 3.63) is 27.7 Å². The Morgan fingerprint density at radius 3 is 2.44 bits per heavy atom. The van der Waals surface area contributed by atoms with Crippen LogP contribution in [-0.2, 0) is 0 Å². The molecule has 0 amide bonds. The molecule has 0 spiro atoms. The Morgan fingerprint density at radius 2 is 2.00 bits per heavy atom. The van der Waals surface area contributed by atoms with Gasteiger partial charge >= 0.3 is 0 Å². The highest BCUT2D eigenvalue weighted by Crippen LogP contribution is 2.28. The van der Waals surface area contributed by atoms with Crippen molar-refractivity contribution < 1.29 is 0 Å². The summed E-state index contributed by atoms with van der Waals surface area (Å²) in [4.78, 5) is 0. The molecule has 2 nitrogen and oxygen atoms in total. The molecule has 0 heterocycles. The lowest BCUT2D eigenvalue weighted by Gasteiger charge is -2.32. The Morgan fingerprint density at radius 1 is 1.38 bits per heavy atom. The number of halogens is 2. The zero-order valence-electron chi connectivity index (χ0n) is 9.69. The quantitative estimate of drug-likeness (QED) is 0.862. The number of nitrogens with two attached hydrogens (primary N) is 1. The summed E-state index contributed by atoms with van der Waals surface area (Å²) >= 11 is 9.37. The minimum absolute atomic E-state index is 0.0206. The molecule has 3 N–H and O–H groups in total. The fraction of sp³-hybridized carbons (Fsp3) is 0.500. The van der Waals surface area contributed by atoms with E-state index in [0.717, 1.165) is 28.0 Å². The van der Waals surface area contributed by atoms with Crippen molar-refractivity contribution in [2.24, 2.45) is 5.73 Å². The summed E-state index contributed by atoms with van der Waals surface area (Å²) in [5, 5.41) is 4.22. The number of hydrogen-bond donors (Lipinski definition) is 2. The molecule has 0 unspecified atom stereocenters. The highest BCUT2D eigenvalue weighted by molar-refractivity contribution is 9.10. The second-order valence-corrected chi connectivity index (χ2v) is 5.21. The van der Waals surface area contributed by atoms with E-state index in [9.17, 15) is 0 Å². The fourth-order valence-electron chi connectivity index (χ4n) is 1.65. The monoisotopic (exact) mass is 304 g/mol. The summed E-state index contributed by atoms with van der Waals surface area (Å²) in [7, 11) is 0. The lowest BCUT2D eigenvalue weighted by Crippen LogP contribution is -2.44. The molecule has 0 saturated heterocycles. The molecule has 0 aliphatic rings. The second-order valence-electron chi connectivity index (χ2n) is 3.95. The largest absolute Gasteiger partial charge is 0.378 e. The SMILES string of the molecule is CCC(CC)(CN)Nc1ccc(Cl)c(Br)c1. The van der Waals surface area contributed by atoms with Crippen molar-refractivity contribution in [2.75, 3.05) is 11.9 Å². The Labute approximate surface area is 111 Å². The Kier molecular flexibility index (Phi) is 5.09. The Balaban J connectivity index is 2.89. The molecule has 0 saturated carbocycles. The number of benzene rings is 1. The first-order valence-electron chi connectivity index (χ1n) is 5.50. The summed E-state index contributed by atoms with van der Waals surface area (Å²) in [6.07, 6.45) is 2.00. The van der Waals surface area contributed by atoms with Gasteiger partial charge in [-0.2, -0.15) is 0 Å².